The largest absolute Gasteiger partial charge is 0.481 e. The molecule has 0 saturated heterocycles. The molecule has 1 aliphatic heterocycles. The highest BCUT2D eigenvalue weighted by atomic mass is 28.3. The van der Waals surface area contributed by atoms with Crippen LogP contribution in [0.2, 0.25) is 25.7 Å². The van der Waals surface area contributed by atoms with Gasteiger partial charge in [0, 0.05) is 25.4 Å². The maximum absolute atomic E-state index is 13.7. The van der Waals surface area contributed by atoms with Gasteiger partial charge in [-0.05, 0) is 56.2 Å². The average Bonchev–Trinajstić information content (AvgIpc) is 2.87. The highest BCUT2D eigenvalue weighted by molar-refractivity contribution is 6.76. The molecule has 1 aliphatic rings. The standard InChI is InChI=1S/C29H34F3N3O4Si/c1-6-39-25(36)23-18(2)35(22-9-7-8-21(16-22)29(30,31)32)26(34)28(27(37)38,14-15-40(3,4)5)24(23)20-12-10-19(17-33)11-13-20/h7-13,16,24,26H,6,14-15,34H2,1-5H3,(H,37,38). The molecule has 40 heavy (non-hydrogen) atoms. The number of rotatable bonds is 8. The Morgan fingerprint density at radius 1 is 1.18 bits per heavy atom. The van der Waals surface area contributed by atoms with Crippen LogP contribution >= 0.6 is 0 Å². The van der Waals surface area contributed by atoms with E-state index in [4.69, 9.17) is 10.5 Å². The van der Waals surface area contributed by atoms with Crippen molar-refractivity contribution in [1.29, 1.82) is 5.26 Å². The predicted octanol–water partition coefficient (Wildman–Crippen LogP) is 6.10. The second-order valence-corrected chi connectivity index (χ2v) is 16.8. The average molecular weight is 574 g/mol. The molecule has 3 unspecified atom stereocenters. The Hall–Kier alpha value is -3.62. The number of hydrogen-bond donors (Lipinski definition) is 2. The molecule has 2 aromatic carbocycles. The second-order valence-electron chi connectivity index (χ2n) is 11.2. The number of carboxylic acids is 1. The Kier molecular flexibility index (Phi) is 8.86. The number of nitrogens with zero attached hydrogens (tertiary/aromatic N) is 2. The highest BCUT2D eigenvalue weighted by Gasteiger charge is 2.59. The summed E-state index contributed by atoms with van der Waals surface area (Å²) >= 11 is 0. The Balaban J connectivity index is 2.44. The molecule has 3 rings (SSSR count). The molecule has 0 radical (unpaired) electrons. The minimum atomic E-state index is -4.65. The first-order valence-electron chi connectivity index (χ1n) is 12.9. The minimum absolute atomic E-state index is 0.000290. The van der Waals surface area contributed by atoms with Crippen molar-refractivity contribution in [3.63, 3.8) is 0 Å². The number of carbonyl (C=O) groups excluding carboxylic acids is 1. The fourth-order valence-electron chi connectivity index (χ4n) is 5.31. The summed E-state index contributed by atoms with van der Waals surface area (Å²) in [5, 5.41) is 20.3. The predicted molar refractivity (Wildman–Crippen MR) is 148 cm³/mol. The van der Waals surface area contributed by atoms with Gasteiger partial charge in [0.2, 0.25) is 0 Å². The van der Waals surface area contributed by atoms with Gasteiger partial charge in [0.1, 0.15) is 5.41 Å². The molecular weight excluding hydrogens is 539 g/mol. The molecule has 7 nitrogen and oxygen atoms in total. The molecular formula is C29H34F3N3O4Si. The lowest BCUT2D eigenvalue weighted by Crippen LogP contribution is -2.63. The normalized spacial score (nSPS) is 21.6. The molecule has 0 aliphatic carbocycles. The molecule has 0 aromatic heterocycles. The number of esters is 1. The summed E-state index contributed by atoms with van der Waals surface area (Å²) in [4.78, 5) is 28.3. The van der Waals surface area contributed by atoms with Gasteiger partial charge in [-0.2, -0.15) is 18.4 Å². The lowest BCUT2D eigenvalue weighted by molar-refractivity contribution is -0.153. The van der Waals surface area contributed by atoms with Crippen molar-refractivity contribution < 1.29 is 32.6 Å². The van der Waals surface area contributed by atoms with Gasteiger partial charge in [-0.1, -0.05) is 43.9 Å². The van der Waals surface area contributed by atoms with Crippen molar-refractivity contribution in [2.75, 3.05) is 11.5 Å². The minimum Gasteiger partial charge on any atom is -0.481 e. The molecule has 0 bridgehead atoms. The number of halogens is 3. The zero-order valence-corrected chi connectivity index (χ0v) is 24.2. The Morgan fingerprint density at radius 2 is 1.80 bits per heavy atom. The van der Waals surface area contributed by atoms with Gasteiger partial charge in [-0.15, -0.1) is 0 Å². The van der Waals surface area contributed by atoms with Crippen LogP contribution in [0.1, 0.15) is 42.9 Å². The van der Waals surface area contributed by atoms with E-state index in [9.17, 15) is 33.1 Å². The van der Waals surface area contributed by atoms with E-state index in [0.29, 0.717) is 17.2 Å². The molecule has 0 saturated carbocycles. The van der Waals surface area contributed by atoms with E-state index in [1.165, 1.54) is 36.1 Å². The number of hydrogen-bond acceptors (Lipinski definition) is 6. The van der Waals surface area contributed by atoms with Crippen LogP contribution in [0.5, 0.6) is 0 Å². The van der Waals surface area contributed by atoms with Crippen LogP contribution in [0, 0.1) is 16.7 Å². The number of ether oxygens (including phenoxy) is 1. The number of anilines is 1. The molecule has 0 spiro atoms. The van der Waals surface area contributed by atoms with Crippen molar-refractivity contribution in [3.8, 4) is 6.07 Å². The molecule has 214 valence electrons. The number of carbonyl (C=O) groups is 2. The smallest absolute Gasteiger partial charge is 0.416 e. The third-order valence-corrected chi connectivity index (χ3v) is 9.12. The molecule has 1 heterocycles. The summed E-state index contributed by atoms with van der Waals surface area (Å²) in [5.74, 6) is -3.15. The zero-order chi connectivity index (χ0) is 30.0. The van der Waals surface area contributed by atoms with Crippen LogP contribution in [0.15, 0.2) is 59.8 Å². The number of alkyl halides is 3. The first-order chi connectivity index (χ1) is 18.6. The van der Waals surface area contributed by atoms with Crippen LogP contribution in [-0.4, -0.2) is 37.9 Å². The Morgan fingerprint density at radius 3 is 2.30 bits per heavy atom. The molecule has 0 amide bonds. The Labute approximate surface area is 233 Å². The van der Waals surface area contributed by atoms with Crippen LogP contribution < -0.4 is 10.6 Å². The lowest BCUT2D eigenvalue weighted by Gasteiger charge is -2.52. The third-order valence-electron chi connectivity index (χ3n) is 7.37. The zero-order valence-electron chi connectivity index (χ0n) is 23.2. The number of benzene rings is 2. The van der Waals surface area contributed by atoms with Crippen LogP contribution in [0.25, 0.3) is 0 Å². The topological polar surface area (TPSA) is 117 Å². The van der Waals surface area contributed by atoms with E-state index in [1.807, 2.05) is 6.07 Å². The molecule has 3 N–H and O–H groups in total. The van der Waals surface area contributed by atoms with Crippen molar-refractivity contribution in [3.05, 3.63) is 76.5 Å². The van der Waals surface area contributed by atoms with E-state index >= 15 is 0 Å². The number of nitrogens with two attached hydrogens (primary N) is 1. The Bertz CT molecular complexity index is 1350. The summed E-state index contributed by atoms with van der Waals surface area (Å²) in [6.07, 6.45) is -5.93. The highest BCUT2D eigenvalue weighted by Crippen LogP contribution is 2.54. The first kappa shape index (κ1) is 30.9. The van der Waals surface area contributed by atoms with E-state index in [2.05, 4.69) is 19.6 Å². The van der Waals surface area contributed by atoms with Gasteiger partial charge in [0.15, 0.2) is 0 Å². The number of allylic oxidation sites excluding steroid dienone is 1. The van der Waals surface area contributed by atoms with E-state index in [0.717, 1.165) is 12.1 Å². The van der Waals surface area contributed by atoms with Gasteiger partial charge in [0.25, 0.3) is 0 Å². The van der Waals surface area contributed by atoms with Gasteiger partial charge >= 0.3 is 18.1 Å². The summed E-state index contributed by atoms with van der Waals surface area (Å²) in [6.45, 7) is 9.37. The molecule has 3 atom stereocenters. The second kappa shape index (κ2) is 11.5. The van der Waals surface area contributed by atoms with E-state index < -0.39 is 49.3 Å². The molecule has 11 heteroatoms. The summed E-state index contributed by atoms with van der Waals surface area (Å²) in [6, 6.07) is 13.2. The van der Waals surface area contributed by atoms with Crippen molar-refractivity contribution in [2.45, 2.75) is 64.2 Å². The van der Waals surface area contributed by atoms with Crippen LogP contribution in [0.4, 0.5) is 18.9 Å². The first-order valence-corrected chi connectivity index (χ1v) is 16.6. The maximum atomic E-state index is 13.7. The third kappa shape index (κ3) is 5.93. The molecule has 2 aromatic rings. The maximum Gasteiger partial charge on any atom is 0.416 e. The SMILES string of the molecule is CCOC(=O)C1=C(C)N(c2cccc(C(F)(F)F)c2)C(N)C(CC[Si](C)(C)C)(C(=O)O)C1c1ccc(C#N)cc1. The fourth-order valence-corrected chi connectivity index (χ4v) is 6.48. The van der Waals surface area contributed by atoms with Gasteiger partial charge < -0.3 is 20.5 Å². The summed E-state index contributed by atoms with van der Waals surface area (Å²) in [5.41, 5.74) is 5.07. The molecule has 0 fully saturated rings. The number of carboxylic acid groups (broad SMARTS) is 1. The number of nitriles is 1. The number of aliphatic carboxylic acids is 1. The van der Waals surface area contributed by atoms with Crippen molar-refractivity contribution >= 4 is 25.7 Å². The van der Waals surface area contributed by atoms with E-state index in [1.54, 1.807) is 19.1 Å². The monoisotopic (exact) mass is 573 g/mol. The van der Waals surface area contributed by atoms with Gasteiger partial charge in [0.05, 0.1) is 35.5 Å². The summed E-state index contributed by atoms with van der Waals surface area (Å²) in [7, 11) is -1.89. The van der Waals surface area contributed by atoms with Crippen LogP contribution in [-0.2, 0) is 20.5 Å². The van der Waals surface area contributed by atoms with Gasteiger partial charge in [-0.3, -0.25) is 4.79 Å². The summed E-state index contributed by atoms with van der Waals surface area (Å²) < 4.78 is 46.4. The van der Waals surface area contributed by atoms with E-state index in [-0.39, 0.29) is 30.0 Å². The quantitative estimate of drug-likeness (QED) is 0.289. The fraction of sp³-hybridized carbons (Fsp3) is 0.414. The van der Waals surface area contributed by atoms with Gasteiger partial charge in [-0.25, -0.2) is 4.79 Å². The van der Waals surface area contributed by atoms with Crippen molar-refractivity contribution in [2.24, 2.45) is 11.1 Å². The van der Waals surface area contributed by atoms with Crippen LogP contribution in [0.3, 0.4) is 0 Å². The van der Waals surface area contributed by atoms with Crippen molar-refractivity contribution in [1.82, 2.24) is 0 Å². The lowest BCUT2D eigenvalue weighted by atomic mass is 9.62.